The fourth-order valence-corrected chi connectivity index (χ4v) is 1.78. The minimum atomic E-state index is 0.252. The van der Waals surface area contributed by atoms with Gasteiger partial charge in [-0.15, -0.1) is 0 Å². The zero-order chi connectivity index (χ0) is 7.78. The van der Waals surface area contributed by atoms with Crippen LogP contribution in [0.3, 0.4) is 0 Å². The highest BCUT2D eigenvalue weighted by Gasteiger charge is 2.39. The van der Waals surface area contributed by atoms with Crippen molar-refractivity contribution in [3.8, 4) is 0 Å². The molecule has 0 spiro atoms. The second kappa shape index (κ2) is 2.37. The minimum Gasteiger partial charge on any atom is -0.303 e. The van der Waals surface area contributed by atoms with Crippen molar-refractivity contribution in [2.75, 3.05) is 0 Å². The summed E-state index contributed by atoms with van der Waals surface area (Å²) in [6.45, 7) is 6.64. The van der Waals surface area contributed by atoms with Gasteiger partial charge in [0.05, 0.1) is 0 Å². The van der Waals surface area contributed by atoms with Crippen molar-refractivity contribution < 1.29 is 4.79 Å². The normalized spacial score (nSPS) is 37.9. The molecule has 58 valence electrons. The zero-order valence-electron chi connectivity index (χ0n) is 7.05. The summed E-state index contributed by atoms with van der Waals surface area (Å²) in [7, 11) is 0. The Morgan fingerprint density at radius 3 is 2.20 bits per heavy atom. The van der Waals surface area contributed by atoms with Gasteiger partial charge >= 0.3 is 0 Å². The van der Waals surface area contributed by atoms with E-state index in [0.29, 0.717) is 11.8 Å². The van der Waals surface area contributed by atoms with E-state index in [0.717, 1.165) is 12.7 Å². The molecule has 0 unspecified atom stereocenters. The van der Waals surface area contributed by atoms with E-state index >= 15 is 0 Å². The van der Waals surface area contributed by atoms with Gasteiger partial charge in [0.1, 0.15) is 6.29 Å². The maximum Gasteiger partial charge on any atom is 0.123 e. The van der Waals surface area contributed by atoms with E-state index in [1.807, 2.05) is 0 Å². The van der Waals surface area contributed by atoms with Crippen LogP contribution in [0, 0.1) is 17.3 Å². The maximum atomic E-state index is 10.6. The zero-order valence-corrected chi connectivity index (χ0v) is 7.05. The Labute approximate surface area is 62.8 Å². The van der Waals surface area contributed by atoms with Crippen LogP contribution in [0.1, 0.15) is 33.6 Å². The first kappa shape index (κ1) is 7.77. The molecule has 1 aliphatic rings. The first-order chi connectivity index (χ1) is 4.59. The average molecular weight is 140 g/mol. The fourth-order valence-electron chi connectivity index (χ4n) is 1.78. The molecule has 0 saturated heterocycles. The van der Waals surface area contributed by atoms with E-state index in [-0.39, 0.29) is 5.41 Å². The summed E-state index contributed by atoms with van der Waals surface area (Å²) in [6, 6.07) is 0. The second-order valence-corrected chi connectivity index (χ2v) is 4.04. The van der Waals surface area contributed by atoms with Gasteiger partial charge < -0.3 is 4.79 Å². The molecule has 0 aromatic carbocycles. The lowest BCUT2D eigenvalue weighted by Gasteiger charge is -2.27. The van der Waals surface area contributed by atoms with Crippen molar-refractivity contribution in [3.05, 3.63) is 0 Å². The monoisotopic (exact) mass is 140 g/mol. The molecule has 1 rings (SSSR count). The Kier molecular flexibility index (Phi) is 1.84. The Balaban J connectivity index is 2.73. The Bertz CT molecular complexity index is 138. The standard InChI is InChI=1S/C9H16O/c1-7-4-5-8(6-10)9(7,2)3/h6-8H,4-5H2,1-3H3/t7-,8-/m0/s1. The molecule has 1 heteroatoms. The third-order valence-electron chi connectivity index (χ3n) is 3.30. The molecule has 1 saturated carbocycles. The Morgan fingerprint density at radius 1 is 1.40 bits per heavy atom. The molecular formula is C9H16O. The first-order valence-electron chi connectivity index (χ1n) is 4.04. The number of carbonyl (C=O) groups is 1. The van der Waals surface area contributed by atoms with Crippen LogP contribution in [0.2, 0.25) is 0 Å². The average Bonchev–Trinajstić information content (AvgIpc) is 2.10. The van der Waals surface area contributed by atoms with Crippen molar-refractivity contribution in [1.82, 2.24) is 0 Å². The summed E-state index contributed by atoms with van der Waals surface area (Å²) in [4.78, 5) is 10.6. The molecule has 1 nitrogen and oxygen atoms in total. The van der Waals surface area contributed by atoms with Crippen molar-refractivity contribution in [2.24, 2.45) is 17.3 Å². The Morgan fingerprint density at radius 2 is 2.00 bits per heavy atom. The van der Waals surface area contributed by atoms with Crippen LogP contribution in [0.15, 0.2) is 0 Å². The fraction of sp³-hybridized carbons (Fsp3) is 0.889. The summed E-state index contributed by atoms with van der Waals surface area (Å²) in [5.41, 5.74) is 0.252. The van der Waals surface area contributed by atoms with Crippen molar-refractivity contribution in [3.63, 3.8) is 0 Å². The van der Waals surface area contributed by atoms with Gasteiger partial charge in [0.25, 0.3) is 0 Å². The van der Waals surface area contributed by atoms with E-state index in [1.165, 1.54) is 6.42 Å². The Hall–Kier alpha value is -0.330. The lowest BCUT2D eigenvalue weighted by atomic mass is 9.77. The molecule has 2 atom stereocenters. The van der Waals surface area contributed by atoms with Crippen LogP contribution in [0.25, 0.3) is 0 Å². The van der Waals surface area contributed by atoms with Gasteiger partial charge in [-0.3, -0.25) is 0 Å². The molecule has 0 aliphatic heterocycles. The molecule has 0 radical (unpaired) electrons. The van der Waals surface area contributed by atoms with Gasteiger partial charge in [0, 0.05) is 5.92 Å². The quantitative estimate of drug-likeness (QED) is 0.510. The predicted molar refractivity (Wildman–Crippen MR) is 41.7 cm³/mol. The molecule has 0 N–H and O–H groups in total. The smallest absolute Gasteiger partial charge is 0.123 e. The molecule has 1 aliphatic carbocycles. The third-order valence-corrected chi connectivity index (χ3v) is 3.30. The molecule has 0 aromatic rings. The third kappa shape index (κ3) is 0.979. The summed E-state index contributed by atoms with van der Waals surface area (Å²) >= 11 is 0. The molecule has 0 heterocycles. The van der Waals surface area contributed by atoms with Gasteiger partial charge in [0.2, 0.25) is 0 Å². The van der Waals surface area contributed by atoms with Gasteiger partial charge in [-0.05, 0) is 24.2 Å². The highest BCUT2D eigenvalue weighted by molar-refractivity contribution is 5.55. The van der Waals surface area contributed by atoms with Gasteiger partial charge in [-0.25, -0.2) is 0 Å². The van der Waals surface area contributed by atoms with E-state index in [4.69, 9.17) is 0 Å². The van der Waals surface area contributed by atoms with E-state index in [1.54, 1.807) is 0 Å². The molecule has 1 fully saturated rings. The molecule has 0 aromatic heterocycles. The first-order valence-corrected chi connectivity index (χ1v) is 4.04. The lowest BCUT2D eigenvalue weighted by molar-refractivity contribution is -0.113. The summed E-state index contributed by atoms with van der Waals surface area (Å²) in [5, 5.41) is 0. The van der Waals surface area contributed by atoms with Crippen molar-refractivity contribution in [2.45, 2.75) is 33.6 Å². The van der Waals surface area contributed by atoms with Gasteiger partial charge in [0.15, 0.2) is 0 Å². The van der Waals surface area contributed by atoms with E-state index in [9.17, 15) is 4.79 Å². The lowest BCUT2D eigenvalue weighted by Crippen LogP contribution is -2.23. The highest BCUT2D eigenvalue weighted by Crippen LogP contribution is 2.45. The van der Waals surface area contributed by atoms with Crippen molar-refractivity contribution in [1.29, 1.82) is 0 Å². The molecular weight excluding hydrogens is 124 g/mol. The number of hydrogen-bond donors (Lipinski definition) is 0. The van der Waals surface area contributed by atoms with Gasteiger partial charge in [-0.1, -0.05) is 20.8 Å². The number of carbonyl (C=O) groups excluding carboxylic acids is 1. The van der Waals surface area contributed by atoms with Crippen LogP contribution in [0.5, 0.6) is 0 Å². The largest absolute Gasteiger partial charge is 0.303 e. The van der Waals surface area contributed by atoms with Crippen LogP contribution >= 0.6 is 0 Å². The van der Waals surface area contributed by atoms with Crippen LogP contribution < -0.4 is 0 Å². The van der Waals surface area contributed by atoms with Crippen LogP contribution in [-0.4, -0.2) is 6.29 Å². The highest BCUT2D eigenvalue weighted by atomic mass is 16.1. The topological polar surface area (TPSA) is 17.1 Å². The summed E-state index contributed by atoms with van der Waals surface area (Å²) in [5.74, 6) is 1.02. The molecule has 10 heavy (non-hydrogen) atoms. The number of aldehydes is 1. The van der Waals surface area contributed by atoms with Crippen LogP contribution in [0.4, 0.5) is 0 Å². The predicted octanol–water partition coefficient (Wildman–Crippen LogP) is 2.26. The van der Waals surface area contributed by atoms with E-state index < -0.39 is 0 Å². The van der Waals surface area contributed by atoms with Gasteiger partial charge in [-0.2, -0.15) is 0 Å². The molecule has 0 bridgehead atoms. The maximum absolute atomic E-state index is 10.6. The van der Waals surface area contributed by atoms with Crippen molar-refractivity contribution >= 4 is 6.29 Å². The summed E-state index contributed by atoms with van der Waals surface area (Å²) < 4.78 is 0. The second-order valence-electron chi connectivity index (χ2n) is 4.04. The minimum absolute atomic E-state index is 0.252. The number of rotatable bonds is 1. The number of hydrogen-bond acceptors (Lipinski definition) is 1. The summed E-state index contributed by atoms with van der Waals surface area (Å²) in [6.07, 6.45) is 3.44. The van der Waals surface area contributed by atoms with E-state index in [2.05, 4.69) is 20.8 Å². The molecule has 0 amide bonds. The van der Waals surface area contributed by atoms with Crippen LogP contribution in [-0.2, 0) is 4.79 Å². The SMILES string of the molecule is C[C@H]1CC[C@@H](C=O)C1(C)C.